The molecule has 0 aromatic rings. The van der Waals surface area contributed by atoms with Crippen LogP contribution < -0.4 is 5.32 Å². The summed E-state index contributed by atoms with van der Waals surface area (Å²) in [7, 11) is 0. The highest BCUT2D eigenvalue weighted by Gasteiger charge is 2.12. The van der Waals surface area contributed by atoms with Gasteiger partial charge in [0.05, 0.1) is 12.7 Å². The SMILES string of the molecule is N#CCCCCOCC1CCCNC1. The standard InChI is InChI=1S/C11H20N2O/c12-6-2-1-3-8-14-10-11-5-4-7-13-9-11/h11,13H,1-5,7-10H2. The van der Waals surface area contributed by atoms with Crippen LogP contribution in [0.4, 0.5) is 0 Å². The molecule has 0 aromatic carbocycles. The average molecular weight is 196 g/mol. The van der Waals surface area contributed by atoms with Crippen molar-refractivity contribution in [1.29, 1.82) is 5.26 Å². The molecule has 1 aliphatic heterocycles. The normalized spacial score (nSPS) is 21.8. The molecule has 0 aromatic heterocycles. The van der Waals surface area contributed by atoms with Gasteiger partial charge in [-0.15, -0.1) is 0 Å². The summed E-state index contributed by atoms with van der Waals surface area (Å²) in [5.74, 6) is 0.708. The van der Waals surface area contributed by atoms with E-state index in [1.807, 2.05) is 0 Å². The Bertz CT molecular complexity index is 171. The molecule has 1 N–H and O–H groups in total. The van der Waals surface area contributed by atoms with Crippen LogP contribution in [-0.2, 0) is 4.74 Å². The third kappa shape index (κ3) is 5.21. The Morgan fingerprint density at radius 1 is 1.43 bits per heavy atom. The molecule has 1 unspecified atom stereocenters. The first kappa shape index (κ1) is 11.5. The molecule has 80 valence electrons. The zero-order valence-corrected chi connectivity index (χ0v) is 8.80. The summed E-state index contributed by atoms with van der Waals surface area (Å²) in [6, 6.07) is 2.14. The highest BCUT2D eigenvalue weighted by molar-refractivity contribution is 4.69. The van der Waals surface area contributed by atoms with E-state index in [1.165, 1.54) is 19.4 Å². The summed E-state index contributed by atoms with van der Waals surface area (Å²) in [6.45, 7) is 3.98. The maximum atomic E-state index is 8.33. The summed E-state index contributed by atoms with van der Waals surface area (Å²) < 4.78 is 5.57. The number of piperidine rings is 1. The average Bonchev–Trinajstić information content (AvgIpc) is 2.25. The van der Waals surface area contributed by atoms with Crippen molar-refractivity contribution in [3.8, 4) is 6.07 Å². The lowest BCUT2D eigenvalue weighted by Crippen LogP contribution is -2.32. The van der Waals surface area contributed by atoms with E-state index in [0.29, 0.717) is 12.3 Å². The maximum Gasteiger partial charge on any atom is 0.0621 e. The van der Waals surface area contributed by atoms with Crippen LogP contribution in [0.15, 0.2) is 0 Å². The van der Waals surface area contributed by atoms with Gasteiger partial charge in [0, 0.05) is 19.6 Å². The van der Waals surface area contributed by atoms with E-state index in [4.69, 9.17) is 10.00 Å². The molecule has 3 heteroatoms. The van der Waals surface area contributed by atoms with Crippen LogP contribution in [0, 0.1) is 17.2 Å². The third-order valence-corrected chi connectivity index (χ3v) is 2.58. The van der Waals surface area contributed by atoms with E-state index in [1.54, 1.807) is 0 Å². The van der Waals surface area contributed by atoms with Gasteiger partial charge < -0.3 is 10.1 Å². The summed E-state index contributed by atoms with van der Waals surface area (Å²) in [6.07, 6.45) is 5.23. The second-order valence-electron chi connectivity index (χ2n) is 3.90. The van der Waals surface area contributed by atoms with Crippen LogP contribution in [0.2, 0.25) is 0 Å². The number of unbranched alkanes of at least 4 members (excludes halogenated alkanes) is 2. The summed E-state index contributed by atoms with van der Waals surface area (Å²) in [5.41, 5.74) is 0. The van der Waals surface area contributed by atoms with E-state index < -0.39 is 0 Å². The fourth-order valence-electron chi connectivity index (χ4n) is 1.72. The number of rotatable bonds is 6. The number of hydrogen-bond donors (Lipinski definition) is 1. The Kier molecular flexibility index (Phi) is 6.38. The summed E-state index contributed by atoms with van der Waals surface area (Å²) in [5, 5.41) is 11.7. The number of ether oxygens (including phenoxy) is 1. The van der Waals surface area contributed by atoms with Gasteiger partial charge in [-0.1, -0.05) is 0 Å². The molecule has 3 nitrogen and oxygen atoms in total. The zero-order valence-electron chi connectivity index (χ0n) is 8.80. The quantitative estimate of drug-likeness (QED) is 0.658. The minimum Gasteiger partial charge on any atom is -0.381 e. The van der Waals surface area contributed by atoms with Crippen molar-refractivity contribution >= 4 is 0 Å². The van der Waals surface area contributed by atoms with Gasteiger partial charge in [0.1, 0.15) is 0 Å². The Balaban J connectivity index is 1.85. The first-order valence-electron chi connectivity index (χ1n) is 5.59. The van der Waals surface area contributed by atoms with Gasteiger partial charge in [0.15, 0.2) is 0 Å². The lowest BCUT2D eigenvalue weighted by molar-refractivity contribution is 0.0874. The third-order valence-electron chi connectivity index (χ3n) is 2.58. The van der Waals surface area contributed by atoms with Crippen LogP contribution in [-0.4, -0.2) is 26.3 Å². The molecule has 1 atom stereocenters. The highest BCUT2D eigenvalue weighted by Crippen LogP contribution is 2.10. The van der Waals surface area contributed by atoms with Crippen molar-refractivity contribution in [1.82, 2.24) is 5.32 Å². The molecule has 0 saturated carbocycles. The van der Waals surface area contributed by atoms with Crippen LogP contribution in [0.5, 0.6) is 0 Å². The molecule has 1 aliphatic rings. The summed E-state index contributed by atoms with van der Waals surface area (Å²) >= 11 is 0. The minimum absolute atomic E-state index is 0.661. The molecule has 1 fully saturated rings. The predicted octanol–water partition coefficient (Wildman–Crippen LogP) is 1.70. The molecule has 0 spiro atoms. The van der Waals surface area contributed by atoms with Gasteiger partial charge in [-0.05, 0) is 38.1 Å². The molecule has 0 radical (unpaired) electrons. The Hall–Kier alpha value is -0.590. The number of nitriles is 1. The van der Waals surface area contributed by atoms with Crippen molar-refractivity contribution in [2.75, 3.05) is 26.3 Å². The molecule has 0 bridgehead atoms. The van der Waals surface area contributed by atoms with Gasteiger partial charge in [0.2, 0.25) is 0 Å². The Morgan fingerprint density at radius 3 is 3.07 bits per heavy atom. The van der Waals surface area contributed by atoms with E-state index in [-0.39, 0.29) is 0 Å². The highest BCUT2D eigenvalue weighted by atomic mass is 16.5. The molecule has 1 saturated heterocycles. The fraction of sp³-hybridized carbons (Fsp3) is 0.909. The van der Waals surface area contributed by atoms with Crippen molar-refractivity contribution in [2.45, 2.75) is 32.1 Å². The lowest BCUT2D eigenvalue weighted by Gasteiger charge is -2.22. The van der Waals surface area contributed by atoms with Gasteiger partial charge in [-0.3, -0.25) is 0 Å². The lowest BCUT2D eigenvalue weighted by atomic mass is 10.0. The second-order valence-corrected chi connectivity index (χ2v) is 3.90. The van der Waals surface area contributed by atoms with Crippen LogP contribution >= 0.6 is 0 Å². The van der Waals surface area contributed by atoms with Crippen LogP contribution in [0.25, 0.3) is 0 Å². The van der Waals surface area contributed by atoms with Crippen LogP contribution in [0.3, 0.4) is 0 Å². The Labute approximate surface area is 86.4 Å². The van der Waals surface area contributed by atoms with E-state index in [0.717, 1.165) is 32.6 Å². The van der Waals surface area contributed by atoms with Gasteiger partial charge >= 0.3 is 0 Å². The van der Waals surface area contributed by atoms with Crippen molar-refractivity contribution in [2.24, 2.45) is 5.92 Å². The van der Waals surface area contributed by atoms with Crippen LogP contribution in [0.1, 0.15) is 32.1 Å². The largest absolute Gasteiger partial charge is 0.381 e. The number of nitrogens with one attached hydrogen (secondary N) is 1. The maximum absolute atomic E-state index is 8.33. The smallest absolute Gasteiger partial charge is 0.0621 e. The van der Waals surface area contributed by atoms with Gasteiger partial charge in [-0.25, -0.2) is 0 Å². The zero-order chi connectivity index (χ0) is 10.1. The first-order chi connectivity index (χ1) is 6.93. The molecular formula is C11H20N2O. The number of nitrogens with zero attached hydrogens (tertiary/aromatic N) is 1. The van der Waals surface area contributed by atoms with Crippen molar-refractivity contribution in [3.63, 3.8) is 0 Å². The minimum atomic E-state index is 0.661. The van der Waals surface area contributed by atoms with Gasteiger partial charge in [-0.2, -0.15) is 5.26 Å². The fourth-order valence-corrected chi connectivity index (χ4v) is 1.72. The molecule has 1 heterocycles. The molecule has 0 aliphatic carbocycles. The molecule has 14 heavy (non-hydrogen) atoms. The number of hydrogen-bond acceptors (Lipinski definition) is 3. The van der Waals surface area contributed by atoms with Gasteiger partial charge in [0.25, 0.3) is 0 Å². The van der Waals surface area contributed by atoms with E-state index >= 15 is 0 Å². The molecule has 1 rings (SSSR count). The van der Waals surface area contributed by atoms with Crippen molar-refractivity contribution < 1.29 is 4.74 Å². The molecular weight excluding hydrogens is 176 g/mol. The monoisotopic (exact) mass is 196 g/mol. The first-order valence-corrected chi connectivity index (χ1v) is 5.59. The van der Waals surface area contributed by atoms with Crippen molar-refractivity contribution in [3.05, 3.63) is 0 Å². The topological polar surface area (TPSA) is 45.0 Å². The second kappa shape index (κ2) is 7.78. The predicted molar refractivity (Wildman–Crippen MR) is 55.9 cm³/mol. The summed E-state index contributed by atoms with van der Waals surface area (Å²) in [4.78, 5) is 0. The molecule has 0 amide bonds. The van der Waals surface area contributed by atoms with E-state index in [2.05, 4.69) is 11.4 Å². The van der Waals surface area contributed by atoms with E-state index in [9.17, 15) is 0 Å². The Morgan fingerprint density at radius 2 is 2.36 bits per heavy atom.